The molecule has 0 heterocycles. The van der Waals surface area contributed by atoms with E-state index in [1.54, 1.807) is 0 Å². The average molecular weight is 420 g/mol. The van der Waals surface area contributed by atoms with Crippen molar-refractivity contribution >= 4 is 39.8 Å². The minimum absolute atomic E-state index is 0.0258. The van der Waals surface area contributed by atoms with Crippen LogP contribution in [0.2, 0.25) is 0 Å². The van der Waals surface area contributed by atoms with Gasteiger partial charge in [-0.25, -0.2) is 0 Å². The molecule has 0 unspecified atom stereocenters. The molecule has 0 radical (unpaired) electrons. The minimum Gasteiger partial charge on any atom is -0.480 e. The molecular formula is C12H24N2O10S2. The molecule has 12 nitrogen and oxygen atoms in total. The molecule has 0 aliphatic heterocycles. The Morgan fingerprint density at radius 2 is 1.27 bits per heavy atom. The Morgan fingerprint density at radius 1 is 0.885 bits per heavy atom. The fourth-order valence-electron chi connectivity index (χ4n) is 1.00. The number of carboxylic acid groups (broad SMARTS) is 2. The molecule has 0 saturated carbocycles. The summed E-state index contributed by atoms with van der Waals surface area (Å²) in [6.45, 7) is -0.760. The van der Waals surface area contributed by atoms with E-state index in [-0.39, 0.29) is 17.8 Å². The number of rotatable bonds is 12. The summed E-state index contributed by atoms with van der Waals surface area (Å²) in [5.41, 5.74) is 10.4. The number of hydrogen-bond acceptors (Lipinski definition) is 12. The van der Waals surface area contributed by atoms with E-state index in [0.29, 0.717) is 0 Å². The molecule has 26 heavy (non-hydrogen) atoms. The third-order valence-corrected chi connectivity index (χ3v) is 5.11. The molecule has 0 aromatic heterocycles. The molecule has 0 aliphatic rings. The second-order valence-corrected chi connectivity index (χ2v) is 7.37. The topological polar surface area (TPSA) is 245 Å². The van der Waals surface area contributed by atoms with Gasteiger partial charge in [0.2, 0.25) is 0 Å². The van der Waals surface area contributed by atoms with Crippen LogP contribution < -0.4 is 11.5 Å². The van der Waals surface area contributed by atoms with Crippen LogP contribution >= 0.6 is 21.6 Å². The van der Waals surface area contributed by atoms with Crippen molar-refractivity contribution in [2.75, 3.05) is 18.1 Å². The summed E-state index contributed by atoms with van der Waals surface area (Å²) in [6.07, 6.45) is -6.84. The number of aldehydes is 1. The molecule has 0 aromatic rings. The lowest BCUT2D eigenvalue weighted by molar-refractivity contribution is -0.138. The van der Waals surface area contributed by atoms with Crippen LogP contribution in [0.1, 0.15) is 0 Å². The number of aliphatic carboxylic acids is 2. The molecule has 0 bridgehead atoms. The predicted octanol–water partition coefficient (Wildman–Crippen LogP) is -4.19. The summed E-state index contributed by atoms with van der Waals surface area (Å²) < 4.78 is 0. The maximum atomic E-state index is 10.3. The molecule has 11 N–H and O–H groups in total. The van der Waals surface area contributed by atoms with Gasteiger partial charge in [-0.15, -0.1) is 0 Å². The largest absolute Gasteiger partial charge is 0.480 e. The van der Waals surface area contributed by atoms with Crippen LogP contribution in [0.4, 0.5) is 0 Å². The fourth-order valence-corrected chi connectivity index (χ4v) is 3.23. The summed E-state index contributed by atoms with van der Waals surface area (Å²) in [6, 6.07) is -1.85. The molecule has 0 amide bonds. The zero-order valence-electron chi connectivity index (χ0n) is 13.5. The van der Waals surface area contributed by atoms with Gasteiger partial charge in [-0.2, -0.15) is 0 Å². The van der Waals surface area contributed by atoms with Gasteiger partial charge in [-0.05, 0) is 0 Å². The Morgan fingerprint density at radius 3 is 1.54 bits per heavy atom. The summed E-state index contributed by atoms with van der Waals surface area (Å²) in [5.74, 6) is -1.68. The maximum Gasteiger partial charge on any atom is 0.321 e. The first kappa shape index (κ1) is 27.3. The van der Waals surface area contributed by atoms with E-state index in [0.717, 1.165) is 0 Å². The van der Waals surface area contributed by atoms with Gasteiger partial charge in [0.05, 0.1) is 6.61 Å². The van der Waals surface area contributed by atoms with Crippen molar-refractivity contribution in [3.63, 3.8) is 0 Å². The van der Waals surface area contributed by atoms with Crippen molar-refractivity contribution in [1.29, 1.82) is 0 Å². The highest BCUT2D eigenvalue weighted by Gasteiger charge is 2.29. The van der Waals surface area contributed by atoms with E-state index in [1.165, 1.54) is 21.6 Å². The number of hydrogen-bond donors (Lipinski definition) is 9. The van der Waals surface area contributed by atoms with Gasteiger partial charge < -0.3 is 52.0 Å². The first-order valence-electron chi connectivity index (χ1n) is 6.99. The highest BCUT2D eigenvalue weighted by atomic mass is 33.1. The Bertz CT molecular complexity index is 409. The molecule has 0 saturated heterocycles. The van der Waals surface area contributed by atoms with E-state index in [1.807, 2.05) is 0 Å². The zero-order valence-corrected chi connectivity index (χ0v) is 15.1. The normalized spacial score (nSPS) is 17.7. The van der Waals surface area contributed by atoms with Gasteiger partial charge in [0, 0.05) is 11.5 Å². The smallest absolute Gasteiger partial charge is 0.321 e. The van der Waals surface area contributed by atoms with Gasteiger partial charge in [0.1, 0.15) is 36.5 Å². The Balaban J connectivity index is 0. The Labute approximate surface area is 156 Å². The van der Waals surface area contributed by atoms with Crippen LogP contribution in [-0.4, -0.2) is 109 Å². The van der Waals surface area contributed by atoms with Crippen molar-refractivity contribution < 1.29 is 50.1 Å². The van der Waals surface area contributed by atoms with Crippen LogP contribution in [0.3, 0.4) is 0 Å². The monoisotopic (exact) mass is 420 g/mol. The Kier molecular flexibility index (Phi) is 15.9. The standard InChI is InChI=1S/C6H12N2O4S2.C6H12O6/c7-3(5(9)10)1-13-14-2-4(8)6(11)12;7-1-3(9)5(11)6(12)4(10)2-8/h3-4H,1-2,7-8H2,(H,9,10)(H,11,12);1,3-6,8-12H,2H2/t3-,4-;3-,4+,5+,6+/m00/s1. The first-order chi connectivity index (χ1) is 12.0. The number of aliphatic hydroxyl groups excluding tert-OH is 5. The zero-order chi connectivity index (χ0) is 20.9. The number of nitrogens with two attached hydrogens (primary N) is 2. The summed E-state index contributed by atoms with van der Waals surface area (Å²) in [5, 5.41) is 60.4. The summed E-state index contributed by atoms with van der Waals surface area (Å²) in [7, 11) is 2.41. The van der Waals surface area contributed by atoms with Gasteiger partial charge in [-0.1, -0.05) is 21.6 Å². The molecule has 14 heteroatoms. The lowest BCUT2D eigenvalue weighted by Crippen LogP contribution is -2.46. The van der Waals surface area contributed by atoms with E-state index >= 15 is 0 Å². The predicted molar refractivity (Wildman–Crippen MR) is 93.3 cm³/mol. The van der Waals surface area contributed by atoms with Crippen molar-refractivity contribution in [3.05, 3.63) is 0 Å². The molecular weight excluding hydrogens is 396 g/mol. The highest BCUT2D eigenvalue weighted by molar-refractivity contribution is 8.76. The molecule has 154 valence electrons. The SMILES string of the molecule is N[C@@H](CSSC[C@H](N)C(=O)O)C(=O)O.O=C[C@H](O)[C@@H](O)[C@H](O)[C@H](O)CO. The maximum absolute atomic E-state index is 10.3. The van der Waals surface area contributed by atoms with Gasteiger partial charge in [0.15, 0.2) is 6.29 Å². The Hall–Kier alpha value is -0.970. The molecule has 0 spiro atoms. The fraction of sp³-hybridized carbons (Fsp3) is 0.750. The molecule has 0 aromatic carbocycles. The summed E-state index contributed by atoms with van der Waals surface area (Å²) in [4.78, 5) is 30.4. The second-order valence-electron chi connectivity index (χ2n) is 4.82. The number of carbonyl (C=O) groups excluding carboxylic acids is 1. The number of carboxylic acids is 2. The van der Waals surface area contributed by atoms with Crippen molar-refractivity contribution in [2.24, 2.45) is 11.5 Å². The van der Waals surface area contributed by atoms with Crippen LogP contribution in [0.5, 0.6) is 0 Å². The van der Waals surface area contributed by atoms with Crippen molar-refractivity contribution in [2.45, 2.75) is 36.5 Å². The average Bonchev–Trinajstić information content (AvgIpc) is 2.62. The number of aliphatic hydroxyl groups is 5. The molecule has 0 aliphatic carbocycles. The molecule has 0 rings (SSSR count). The van der Waals surface area contributed by atoms with Crippen molar-refractivity contribution in [3.8, 4) is 0 Å². The van der Waals surface area contributed by atoms with Gasteiger partial charge in [-0.3, -0.25) is 9.59 Å². The highest BCUT2D eigenvalue weighted by Crippen LogP contribution is 2.22. The van der Waals surface area contributed by atoms with E-state index < -0.39 is 55.0 Å². The van der Waals surface area contributed by atoms with Crippen LogP contribution in [-0.2, 0) is 14.4 Å². The van der Waals surface area contributed by atoms with Crippen LogP contribution in [0, 0.1) is 0 Å². The molecule has 0 fully saturated rings. The van der Waals surface area contributed by atoms with Crippen LogP contribution in [0.15, 0.2) is 0 Å². The lowest BCUT2D eigenvalue weighted by atomic mass is 10.0. The third-order valence-electron chi connectivity index (χ3n) is 2.63. The third kappa shape index (κ3) is 12.4. The minimum atomic E-state index is -1.79. The molecule has 6 atom stereocenters. The lowest BCUT2D eigenvalue weighted by Gasteiger charge is -2.22. The quantitative estimate of drug-likeness (QED) is 0.0825. The summed E-state index contributed by atoms with van der Waals surface area (Å²) >= 11 is 0. The second kappa shape index (κ2) is 15.1. The van der Waals surface area contributed by atoms with Gasteiger partial charge >= 0.3 is 11.9 Å². The first-order valence-corrected chi connectivity index (χ1v) is 9.47. The van der Waals surface area contributed by atoms with Crippen LogP contribution in [0.25, 0.3) is 0 Å². The number of carbonyl (C=O) groups is 3. The van der Waals surface area contributed by atoms with E-state index in [2.05, 4.69) is 0 Å². The van der Waals surface area contributed by atoms with Gasteiger partial charge in [0.25, 0.3) is 0 Å². The van der Waals surface area contributed by atoms with E-state index in [4.69, 9.17) is 47.2 Å². The van der Waals surface area contributed by atoms with Crippen molar-refractivity contribution in [1.82, 2.24) is 0 Å². The van der Waals surface area contributed by atoms with E-state index in [9.17, 15) is 14.4 Å².